The Balaban J connectivity index is 1.89. The number of carbonyl (C=O) groups excluding carboxylic acids is 1. The lowest BCUT2D eigenvalue weighted by Gasteiger charge is -2.12. The number of benzene rings is 2. The molecule has 0 saturated carbocycles. The predicted octanol–water partition coefficient (Wildman–Crippen LogP) is 5.49. The van der Waals surface area contributed by atoms with E-state index in [0.717, 1.165) is 22.2 Å². The SMILES string of the molecule is CC(C)c1ccc(OCC(=O)Nc2ccc(OC(F)(F)F)cc2)c(Br)c1. The summed E-state index contributed by atoms with van der Waals surface area (Å²) in [6.07, 6.45) is -4.75. The number of ether oxygens (including phenoxy) is 2. The van der Waals surface area contributed by atoms with Gasteiger partial charge in [0.15, 0.2) is 6.61 Å². The second kappa shape index (κ2) is 8.44. The van der Waals surface area contributed by atoms with E-state index in [0.29, 0.717) is 17.4 Å². The van der Waals surface area contributed by atoms with Crippen molar-refractivity contribution >= 4 is 27.5 Å². The third-order valence-corrected chi connectivity index (χ3v) is 3.97. The van der Waals surface area contributed by atoms with Crippen LogP contribution in [0.1, 0.15) is 25.3 Å². The van der Waals surface area contributed by atoms with Crippen LogP contribution < -0.4 is 14.8 Å². The van der Waals surface area contributed by atoms with Crippen molar-refractivity contribution in [2.45, 2.75) is 26.1 Å². The number of nitrogens with one attached hydrogen (secondary N) is 1. The van der Waals surface area contributed by atoms with Crippen LogP contribution in [0.2, 0.25) is 0 Å². The van der Waals surface area contributed by atoms with Crippen molar-refractivity contribution < 1.29 is 27.4 Å². The summed E-state index contributed by atoms with van der Waals surface area (Å²) in [6, 6.07) is 10.5. The molecule has 26 heavy (non-hydrogen) atoms. The van der Waals surface area contributed by atoms with Crippen LogP contribution in [0.3, 0.4) is 0 Å². The van der Waals surface area contributed by atoms with Crippen molar-refractivity contribution in [2.24, 2.45) is 0 Å². The molecule has 4 nitrogen and oxygen atoms in total. The summed E-state index contributed by atoms with van der Waals surface area (Å²) in [5, 5.41) is 2.54. The average Bonchev–Trinajstić information content (AvgIpc) is 2.54. The molecule has 0 unspecified atom stereocenters. The first-order chi connectivity index (χ1) is 12.1. The zero-order chi connectivity index (χ0) is 19.3. The number of amides is 1. The van der Waals surface area contributed by atoms with Crippen LogP contribution in [0.15, 0.2) is 46.9 Å². The molecule has 0 saturated heterocycles. The predicted molar refractivity (Wildman–Crippen MR) is 95.5 cm³/mol. The maximum atomic E-state index is 12.1. The first-order valence-corrected chi connectivity index (χ1v) is 8.51. The second-order valence-electron chi connectivity index (χ2n) is 5.75. The quantitative estimate of drug-likeness (QED) is 0.657. The highest BCUT2D eigenvalue weighted by Crippen LogP contribution is 2.29. The van der Waals surface area contributed by atoms with Crippen LogP contribution in [0, 0.1) is 0 Å². The minimum Gasteiger partial charge on any atom is -0.483 e. The van der Waals surface area contributed by atoms with Gasteiger partial charge in [-0.3, -0.25) is 4.79 Å². The summed E-state index contributed by atoms with van der Waals surface area (Å²) < 4.78 is 46.3. The van der Waals surface area contributed by atoms with Crippen molar-refractivity contribution in [1.29, 1.82) is 0 Å². The van der Waals surface area contributed by atoms with Crippen LogP contribution in [0.4, 0.5) is 18.9 Å². The molecule has 1 N–H and O–H groups in total. The van der Waals surface area contributed by atoms with E-state index < -0.39 is 12.3 Å². The number of hydrogen-bond donors (Lipinski definition) is 1. The minimum atomic E-state index is -4.75. The van der Waals surface area contributed by atoms with Crippen molar-refractivity contribution in [3.8, 4) is 11.5 Å². The Hall–Kier alpha value is -2.22. The summed E-state index contributed by atoms with van der Waals surface area (Å²) in [5.41, 5.74) is 1.47. The van der Waals surface area contributed by atoms with E-state index in [-0.39, 0.29) is 12.4 Å². The number of carbonyl (C=O) groups is 1. The molecule has 140 valence electrons. The van der Waals surface area contributed by atoms with Gasteiger partial charge in [-0.15, -0.1) is 13.2 Å². The molecule has 0 aliphatic carbocycles. The maximum Gasteiger partial charge on any atom is 0.573 e. The standard InChI is InChI=1S/C18H17BrF3NO3/c1-11(2)12-3-8-16(15(19)9-12)25-10-17(24)23-13-4-6-14(7-5-13)26-18(20,21)22/h3-9,11H,10H2,1-2H3,(H,23,24). The highest BCUT2D eigenvalue weighted by Gasteiger charge is 2.30. The molecular weight excluding hydrogens is 415 g/mol. The van der Waals surface area contributed by atoms with Crippen LogP contribution in [0.5, 0.6) is 11.5 Å². The first-order valence-electron chi connectivity index (χ1n) is 7.72. The summed E-state index contributed by atoms with van der Waals surface area (Å²) in [4.78, 5) is 11.9. The van der Waals surface area contributed by atoms with Crippen LogP contribution in [-0.4, -0.2) is 18.9 Å². The van der Waals surface area contributed by atoms with Gasteiger partial charge in [0.1, 0.15) is 11.5 Å². The van der Waals surface area contributed by atoms with Gasteiger partial charge < -0.3 is 14.8 Å². The lowest BCUT2D eigenvalue weighted by molar-refractivity contribution is -0.274. The maximum absolute atomic E-state index is 12.1. The van der Waals surface area contributed by atoms with Gasteiger partial charge in [0.05, 0.1) is 4.47 Å². The molecule has 0 heterocycles. The number of alkyl halides is 3. The van der Waals surface area contributed by atoms with Gasteiger partial charge in [0.25, 0.3) is 5.91 Å². The third kappa shape index (κ3) is 6.25. The molecule has 2 aromatic rings. The van der Waals surface area contributed by atoms with Crippen molar-refractivity contribution in [1.82, 2.24) is 0 Å². The van der Waals surface area contributed by atoms with E-state index in [9.17, 15) is 18.0 Å². The van der Waals surface area contributed by atoms with Gasteiger partial charge >= 0.3 is 6.36 Å². The van der Waals surface area contributed by atoms with E-state index in [1.54, 1.807) is 6.07 Å². The molecule has 1 amide bonds. The fraction of sp³-hybridized carbons (Fsp3) is 0.278. The number of halogens is 4. The molecule has 8 heteroatoms. The van der Waals surface area contributed by atoms with Crippen molar-refractivity contribution in [2.75, 3.05) is 11.9 Å². The minimum absolute atomic E-state index is 0.236. The summed E-state index contributed by atoms with van der Waals surface area (Å²) >= 11 is 3.40. The Morgan fingerprint density at radius 1 is 1.15 bits per heavy atom. The van der Waals surface area contributed by atoms with Crippen LogP contribution in [0.25, 0.3) is 0 Å². The fourth-order valence-electron chi connectivity index (χ4n) is 2.07. The van der Waals surface area contributed by atoms with E-state index in [1.165, 1.54) is 12.1 Å². The number of hydrogen-bond acceptors (Lipinski definition) is 3. The Kier molecular flexibility index (Phi) is 6.52. The van der Waals surface area contributed by atoms with Gasteiger partial charge in [-0.2, -0.15) is 0 Å². The highest BCUT2D eigenvalue weighted by atomic mass is 79.9. The van der Waals surface area contributed by atoms with Gasteiger partial charge in [0.2, 0.25) is 0 Å². The Morgan fingerprint density at radius 3 is 2.35 bits per heavy atom. The van der Waals surface area contributed by atoms with Gasteiger partial charge in [-0.1, -0.05) is 19.9 Å². The molecule has 0 aliphatic rings. The van der Waals surface area contributed by atoms with Gasteiger partial charge in [-0.05, 0) is 63.8 Å². The molecule has 0 atom stereocenters. The van der Waals surface area contributed by atoms with Gasteiger partial charge in [0, 0.05) is 5.69 Å². The van der Waals surface area contributed by atoms with E-state index in [4.69, 9.17) is 4.74 Å². The molecule has 0 fully saturated rings. The summed E-state index contributed by atoms with van der Waals surface area (Å²) in [7, 11) is 0. The Labute approximate surface area is 157 Å². The van der Waals surface area contributed by atoms with Crippen molar-refractivity contribution in [3.05, 3.63) is 52.5 Å². The second-order valence-corrected chi connectivity index (χ2v) is 6.61. The van der Waals surface area contributed by atoms with Gasteiger partial charge in [-0.25, -0.2) is 0 Å². The Morgan fingerprint density at radius 2 is 1.81 bits per heavy atom. The molecule has 0 spiro atoms. The molecule has 0 aromatic heterocycles. The molecule has 0 bridgehead atoms. The first kappa shape index (κ1) is 20.1. The topological polar surface area (TPSA) is 47.6 Å². The van der Waals surface area contributed by atoms with Crippen molar-refractivity contribution in [3.63, 3.8) is 0 Å². The normalized spacial score (nSPS) is 11.3. The number of anilines is 1. The monoisotopic (exact) mass is 431 g/mol. The number of rotatable bonds is 6. The summed E-state index contributed by atoms with van der Waals surface area (Å²) in [6.45, 7) is 3.90. The molecular formula is C18H17BrF3NO3. The fourth-order valence-corrected chi connectivity index (χ4v) is 2.58. The van der Waals surface area contributed by atoms with Crippen LogP contribution >= 0.6 is 15.9 Å². The molecule has 0 aliphatic heterocycles. The zero-order valence-corrected chi connectivity index (χ0v) is 15.6. The molecule has 2 rings (SSSR count). The highest BCUT2D eigenvalue weighted by molar-refractivity contribution is 9.10. The van der Waals surface area contributed by atoms with E-state index in [1.807, 2.05) is 12.1 Å². The van der Waals surface area contributed by atoms with E-state index >= 15 is 0 Å². The smallest absolute Gasteiger partial charge is 0.483 e. The van der Waals surface area contributed by atoms with E-state index in [2.05, 4.69) is 39.8 Å². The zero-order valence-electron chi connectivity index (χ0n) is 14.1. The third-order valence-electron chi connectivity index (χ3n) is 3.35. The average molecular weight is 432 g/mol. The van der Waals surface area contributed by atoms with Crippen LogP contribution in [-0.2, 0) is 4.79 Å². The molecule has 0 radical (unpaired) electrons. The molecule has 2 aromatic carbocycles. The lowest BCUT2D eigenvalue weighted by Crippen LogP contribution is -2.20. The Bertz CT molecular complexity index is 761. The summed E-state index contributed by atoms with van der Waals surface area (Å²) in [5.74, 6) is 0.0988. The largest absolute Gasteiger partial charge is 0.573 e. The lowest BCUT2D eigenvalue weighted by atomic mass is 10.0.